The van der Waals surface area contributed by atoms with Gasteiger partial charge < -0.3 is 15.4 Å². The van der Waals surface area contributed by atoms with Crippen molar-refractivity contribution in [3.8, 4) is 0 Å². The number of amides is 2. The Hall–Kier alpha value is -3.08. The summed E-state index contributed by atoms with van der Waals surface area (Å²) in [5, 5.41) is 7.61. The number of anilines is 1. The Bertz CT molecular complexity index is 1090. The van der Waals surface area contributed by atoms with E-state index in [0.29, 0.717) is 21.8 Å². The van der Waals surface area contributed by atoms with Crippen molar-refractivity contribution in [3.63, 3.8) is 0 Å². The highest BCUT2D eigenvalue weighted by atomic mass is 35.5. The van der Waals surface area contributed by atoms with Gasteiger partial charge in [0.05, 0.1) is 23.9 Å². The maximum atomic E-state index is 12.6. The van der Waals surface area contributed by atoms with Gasteiger partial charge in [-0.15, -0.1) is 0 Å². The van der Waals surface area contributed by atoms with Gasteiger partial charge in [0.2, 0.25) is 11.8 Å². The molecule has 0 aromatic heterocycles. The van der Waals surface area contributed by atoms with Gasteiger partial charge in [0, 0.05) is 23.6 Å². The lowest BCUT2D eigenvalue weighted by molar-refractivity contribution is -0.176. The molecule has 1 saturated heterocycles. The number of hydrogen-bond donors (Lipinski definition) is 3. The van der Waals surface area contributed by atoms with Gasteiger partial charge in [-0.05, 0) is 42.0 Å². The maximum absolute atomic E-state index is 12.6. The standard InChI is InChI=1S/C23H22ClF3N4O3/c24-17-7-14(12-34-13-23(25,26)27)6-15(8-17)19-10-20(29-22(33)16-9-21(32)28-11-16)30-31(19)18-4-2-1-3-5-18/h1-8,10,16,20,30H,9,11-13H2,(H,28,32)(H,29,33)/t16-,20?/m0/s1. The Morgan fingerprint density at radius 1 is 1.21 bits per heavy atom. The van der Waals surface area contributed by atoms with Crippen molar-refractivity contribution in [2.24, 2.45) is 5.92 Å². The van der Waals surface area contributed by atoms with Crippen LogP contribution in [0.25, 0.3) is 5.70 Å². The van der Waals surface area contributed by atoms with E-state index in [0.717, 1.165) is 5.69 Å². The summed E-state index contributed by atoms with van der Waals surface area (Å²) in [5.41, 5.74) is 5.73. The molecule has 2 atom stereocenters. The molecule has 3 N–H and O–H groups in total. The zero-order chi connectivity index (χ0) is 24.3. The molecule has 0 spiro atoms. The van der Waals surface area contributed by atoms with Crippen LogP contribution in [-0.4, -0.2) is 37.3 Å². The lowest BCUT2D eigenvalue weighted by Gasteiger charge is -2.25. The van der Waals surface area contributed by atoms with E-state index >= 15 is 0 Å². The van der Waals surface area contributed by atoms with Gasteiger partial charge in [-0.25, -0.2) is 5.43 Å². The van der Waals surface area contributed by atoms with Crippen molar-refractivity contribution in [1.29, 1.82) is 0 Å². The molecule has 2 aromatic carbocycles. The summed E-state index contributed by atoms with van der Waals surface area (Å²) in [6, 6.07) is 14.2. The van der Waals surface area contributed by atoms with Crippen LogP contribution < -0.4 is 21.1 Å². The number of ether oxygens (including phenoxy) is 1. The number of para-hydroxylation sites is 1. The molecule has 0 bridgehead atoms. The Morgan fingerprint density at radius 3 is 2.65 bits per heavy atom. The predicted molar refractivity (Wildman–Crippen MR) is 120 cm³/mol. The number of nitrogens with zero attached hydrogens (tertiary/aromatic N) is 1. The quantitative estimate of drug-likeness (QED) is 0.550. The second kappa shape index (κ2) is 10.0. The van der Waals surface area contributed by atoms with E-state index in [2.05, 4.69) is 16.1 Å². The van der Waals surface area contributed by atoms with Crippen LogP contribution >= 0.6 is 11.6 Å². The van der Waals surface area contributed by atoms with Crippen LogP contribution in [0.1, 0.15) is 17.5 Å². The Labute approximate surface area is 198 Å². The lowest BCUT2D eigenvalue weighted by Crippen LogP contribution is -2.48. The molecule has 0 aliphatic carbocycles. The summed E-state index contributed by atoms with van der Waals surface area (Å²) >= 11 is 6.26. The van der Waals surface area contributed by atoms with Gasteiger partial charge in [0.25, 0.3) is 0 Å². The maximum Gasteiger partial charge on any atom is 0.411 e. The molecule has 1 fully saturated rings. The molecule has 34 heavy (non-hydrogen) atoms. The zero-order valence-electron chi connectivity index (χ0n) is 17.9. The number of nitrogens with one attached hydrogen (secondary N) is 3. The topological polar surface area (TPSA) is 82.7 Å². The summed E-state index contributed by atoms with van der Waals surface area (Å²) in [6.45, 7) is -1.34. The molecule has 7 nitrogen and oxygen atoms in total. The van der Waals surface area contributed by atoms with Crippen LogP contribution in [0.3, 0.4) is 0 Å². The second-order valence-corrected chi connectivity index (χ2v) is 8.44. The highest BCUT2D eigenvalue weighted by Crippen LogP contribution is 2.31. The van der Waals surface area contributed by atoms with Crippen LogP contribution in [0.4, 0.5) is 18.9 Å². The average Bonchev–Trinajstić information content (AvgIpc) is 3.39. The Balaban J connectivity index is 1.57. The highest BCUT2D eigenvalue weighted by Gasteiger charge is 2.32. The first-order chi connectivity index (χ1) is 16.2. The van der Waals surface area contributed by atoms with E-state index in [4.69, 9.17) is 16.3 Å². The monoisotopic (exact) mass is 494 g/mol. The molecule has 0 radical (unpaired) electrons. The SMILES string of the molecule is O=C1C[C@H](C(=O)NC2C=C(c3cc(Cl)cc(COCC(F)(F)F)c3)N(c3ccccc3)N2)CN1. The first kappa shape index (κ1) is 24.1. The molecular formula is C23H22ClF3N4O3. The van der Waals surface area contributed by atoms with Crippen molar-refractivity contribution >= 4 is 34.8 Å². The third-order valence-electron chi connectivity index (χ3n) is 5.28. The third kappa shape index (κ3) is 6.07. The van der Waals surface area contributed by atoms with E-state index in [1.54, 1.807) is 29.3 Å². The van der Waals surface area contributed by atoms with Crippen molar-refractivity contribution in [2.75, 3.05) is 18.2 Å². The van der Waals surface area contributed by atoms with Crippen LogP contribution in [0.2, 0.25) is 5.02 Å². The molecule has 11 heteroatoms. The number of hydrazine groups is 1. The van der Waals surface area contributed by atoms with Crippen molar-refractivity contribution in [2.45, 2.75) is 25.4 Å². The fraction of sp³-hybridized carbons (Fsp3) is 0.304. The molecule has 2 heterocycles. The number of alkyl halides is 3. The lowest BCUT2D eigenvalue weighted by atomic mass is 10.1. The van der Waals surface area contributed by atoms with Crippen LogP contribution in [0.5, 0.6) is 0 Å². The molecule has 4 rings (SSSR count). The molecule has 2 amide bonds. The van der Waals surface area contributed by atoms with E-state index in [9.17, 15) is 22.8 Å². The molecule has 2 aliphatic heterocycles. The summed E-state index contributed by atoms with van der Waals surface area (Å²) in [7, 11) is 0. The summed E-state index contributed by atoms with van der Waals surface area (Å²) in [4.78, 5) is 24.1. The van der Waals surface area contributed by atoms with E-state index in [1.165, 1.54) is 0 Å². The predicted octanol–water partition coefficient (Wildman–Crippen LogP) is 3.36. The third-order valence-corrected chi connectivity index (χ3v) is 5.50. The van der Waals surface area contributed by atoms with Crippen molar-refractivity contribution in [1.82, 2.24) is 16.1 Å². The number of carbonyl (C=O) groups excluding carboxylic acids is 2. The van der Waals surface area contributed by atoms with Crippen molar-refractivity contribution in [3.05, 3.63) is 70.8 Å². The fourth-order valence-electron chi connectivity index (χ4n) is 3.80. The summed E-state index contributed by atoms with van der Waals surface area (Å²) < 4.78 is 42.1. The highest BCUT2D eigenvalue weighted by molar-refractivity contribution is 6.30. The van der Waals surface area contributed by atoms with E-state index < -0.39 is 24.9 Å². The largest absolute Gasteiger partial charge is 0.411 e. The molecular weight excluding hydrogens is 473 g/mol. The smallest absolute Gasteiger partial charge is 0.367 e. The Morgan fingerprint density at radius 2 is 1.97 bits per heavy atom. The number of hydrogen-bond acceptors (Lipinski definition) is 5. The van der Waals surface area contributed by atoms with Crippen LogP contribution in [0.15, 0.2) is 54.6 Å². The normalized spacial score (nSPS) is 20.3. The summed E-state index contributed by atoms with van der Waals surface area (Å²) in [6.07, 6.45) is -3.09. The molecule has 2 aliphatic rings. The van der Waals surface area contributed by atoms with Crippen LogP contribution in [0, 0.1) is 5.92 Å². The second-order valence-electron chi connectivity index (χ2n) is 8.00. The average molecular weight is 495 g/mol. The van der Waals surface area contributed by atoms with Gasteiger partial charge in [-0.1, -0.05) is 29.8 Å². The van der Waals surface area contributed by atoms with Crippen molar-refractivity contribution < 1.29 is 27.5 Å². The number of rotatable bonds is 7. The van der Waals surface area contributed by atoms with Gasteiger partial charge in [0.1, 0.15) is 12.8 Å². The minimum atomic E-state index is -4.42. The minimum Gasteiger partial charge on any atom is -0.367 e. The Kier molecular flexibility index (Phi) is 7.11. The molecule has 0 saturated carbocycles. The molecule has 180 valence electrons. The van der Waals surface area contributed by atoms with E-state index in [-0.39, 0.29) is 31.4 Å². The van der Waals surface area contributed by atoms with Gasteiger partial charge in [0.15, 0.2) is 0 Å². The van der Waals surface area contributed by atoms with Crippen LogP contribution in [-0.2, 0) is 20.9 Å². The number of carbonyl (C=O) groups is 2. The number of halogens is 4. The minimum absolute atomic E-state index is 0.132. The van der Waals surface area contributed by atoms with Gasteiger partial charge in [-0.3, -0.25) is 14.6 Å². The van der Waals surface area contributed by atoms with E-state index in [1.807, 2.05) is 30.3 Å². The molecule has 1 unspecified atom stereocenters. The van der Waals surface area contributed by atoms with Gasteiger partial charge in [-0.2, -0.15) is 13.2 Å². The summed E-state index contributed by atoms with van der Waals surface area (Å²) in [5.74, 6) is -0.893. The first-order valence-electron chi connectivity index (χ1n) is 10.5. The number of benzene rings is 2. The molecule has 2 aromatic rings. The zero-order valence-corrected chi connectivity index (χ0v) is 18.6. The van der Waals surface area contributed by atoms with Gasteiger partial charge >= 0.3 is 6.18 Å². The first-order valence-corrected chi connectivity index (χ1v) is 10.9. The fourth-order valence-corrected chi connectivity index (χ4v) is 4.05.